The molecule has 0 atom stereocenters. The van der Waals surface area contributed by atoms with Crippen LogP contribution in [0.5, 0.6) is 0 Å². The van der Waals surface area contributed by atoms with Crippen molar-refractivity contribution in [3.63, 3.8) is 0 Å². The van der Waals surface area contributed by atoms with Gasteiger partial charge in [0.25, 0.3) is 0 Å². The monoisotopic (exact) mass is 260 g/mol. The van der Waals surface area contributed by atoms with Crippen molar-refractivity contribution in [1.29, 1.82) is 0 Å². The Labute approximate surface area is 121 Å². The van der Waals surface area contributed by atoms with Gasteiger partial charge in [-0.1, -0.05) is 71.1 Å². The maximum absolute atomic E-state index is 4.13. The van der Waals surface area contributed by atoms with Gasteiger partial charge in [0, 0.05) is 0 Å². The van der Waals surface area contributed by atoms with Crippen LogP contribution < -0.4 is 0 Å². The predicted molar refractivity (Wildman–Crippen MR) is 89.4 cm³/mol. The maximum atomic E-state index is 4.13. The predicted octanol–water partition coefficient (Wildman–Crippen LogP) is 6.62. The summed E-state index contributed by atoms with van der Waals surface area (Å²) in [4.78, 5) is 0. The summed E-state index contributed by atoms with van der Waals surface area (Å²) in [5.74, 6) is 0.816. The van der Waals surface area contributed by atoms with Crippen molar-refractivity contribution >= 4 is 0 Å². The van der Waals surface area contributed by atoms with E-state index in [1.807, 2.05) is 13.8 Å². The second-order valence-corrected chi connectivity index (χ2v) is 5.46. The van der Waals surface area contributed by atoms with Gasteiger partial charge in [0.2, 0.25) is 0 Å². The summed E-state index contributed by atoms with van der Waals surface area (Å²) in [7, 11) is 0. The Kier molecular flexibility index (Phi) is 10.2. The first-order valence-electron chi connectivity index (χ1n) is 7.78. The molecule has 0 nitrogen and oxygen atoms in total. The third kappa shape index (κ3) is 10.6. The summed E-state index contributed by atoms with van der Waals surface area (Å²) in [5.41, 5.74) is 4.13. The Bertz CT molecular complexity index is 326. The molecule has 0 unspecified atom stereocenters. The SMILES string of the molecule is C=C(C/C=C/C/C=C1/CC1=C)CCCC(C)C.CC. The number of hydrogen-bond donors (Lipinski definition) is 0. The molecule has 0 bridgehead atoms. The molecule has 0 aromatic rings. The van der Waals surface area contributed by atoms with Gasteiger partial charge in [0.05, 0.1) is 0 Å². The Morgan fingerprint density at radius 1 is 1.26 bits per heavy atom. The van der Waals surface area contributed by atoms with Gasteiger partial charge in [-0.25, -0.2) is 0 Å². The molecule has 19 heavy (non-hydrogen) atoms. The van der Waals surface area contributed by atoms with Crippen molar-refractivity contribution in [2.24, 2.45) is 5.92 Å². The summed E-state index contributed by atoms with van der Waals surface area (Å²) >= 11 is 0. The first kappa shape index (κ1) is 18.0. The van der Waals surface area contributed by atoms with E-state index >= 15 is 0 Å². The number of allylic oxidation sites excluding steroid dienone is 6. The van der Waals surface area contributed by atoms with E-state index in [2.05, 4.69) is 45.2 Å². The average molecular weight is 260 g/mol. The van der Waals surface area contributed by atoms with E-state index < -0.39 is 0 Å². The van der Waals surface area contributed by atoms with Crippen LogP contribution in [0.3, 0.4) is 0 Å². The van der Waals surface area contributed by atoms with E-state index in [-0.39, 0.29) is 0 Å². The van der Waals surface area contributed by atoms with Crippen LogP contribution in [0.15, 0.2) is 48.1 Å². The summed E-state index contributed by atoms with van der Waals surface area (Å²) in [6.07, 6.45) is 13.8. The van der Waals surface area contributed by atoms with Crippen molar-refractivity contribution < 1.29 is 0 Å². The molecular formula is C19H32. The van der Waals surface area contributed by atoms with Gasteiger partial charge in [-0.3, -0.25) is 0 Å². The van der Waals surface area contributed by atoms with Crippen LogP contribution in [0.4, 0.5) is 0 Å². The third-order valence-corrected chi connectivity index (χ3v) is 3.12. The van der Waals surface area contributed by atoms with Crippen molar-refractivity contribution in [1.82, 2.24) is 0 Å². The molecule has 0 aliphatic heterocycles. The van der Waals surface area contributed by atoms with Crippen molar-refractivity contribution in [3.05, 3.63) is 48.1 Å². The molecule has 0 amide bonds. The van der Waals surface area contributed by atoms with Gasteiger partial charge < -0.3 is 0 Å². The third-order valence-electron chi connectivity index (χ3n) is 3.12. The van der Waals surface area contributed by atoms with Crippen LogP contribution in [-0.2, 0) is 0 Å². The molecule has 0 radical (unpaired) electrons. The maximum Gasteiger partial charge on any atom is -0.00293 e. The van der Waals surface area contributed by atoms with E-state index in [4.69, 9.17) is 0 Å². The molecule has 0 heterocycles. The van der Waals surface area contributed by atoms with E-state index in [0.29, 0.717) is 0 Å². The lowest BCUT2D eigenvalue weighted by molar-refractivity contribution is 0.553. The Morgan fingerprint density at radius 3 is 2.42 bits per heavy atom. The molecule has 1 saturated carbocycles. The van der Waals surface area contributed by atoms with Gasteiger partial charge in [-0.2, -0.15) is 0 Å². The van der Waals surface area contributed by atoms with Gasteiger partial charge in [0.1, 0.15) is 0 Å². The van der Waals surface area contributed by atoms with Crippen LogP contribution in [-0.4, -0.2) is 0 Å². The van der Waals surface area contributed by atoms with Crippen LogP contribution in [0, 0.1) is 5.92 Å². The quantitative estimate of drug-likeness (QED) is 0.430. The lowest BCUT2D eigenvalue weighted by Crippen LogP contribution is -1.88. The van der Waals surface area contributed by atoms with E-state index in [0.717, 1.165) is 25.2 Å². The topological polar surface area (TPSA) is 0 Å². The molecule has 0 saturated heterocycles. The Balaban J connectivity index is 0.00000154. The molecule has 1 fully saturated rings. The van der Waals surface area contributed by atoms with Gasteiger partial charge in [-0.05, 0) is 49.2 Å². The number of hydrogen-bond acceptors (Lipinski definition) is 0. The Morgan fingerprint density at radius 2 is 1.89 bits per heavy atom. The zero-order valence-electron chi connectivity index (χ0n) is 13.5. The highest BCUT2D eigenvalue weighted by atomic mass is 14.2. The molecule has 108 valence electrons. The molecule has 1 rings (SSSR count). The fourth-order valence-corrected chi connectivity index (χ4v) is 1.82. The minimum atomic E-state index is 0.816. The number of rotatable bonds is 8. The second kappa shape index (κ2) is 10.8. The second-order valence-electron chi connectivity index (χ2n) is 5.46. The molecule has 1 aliphatic carbocycles. The molecule has 0 N–H and O–H groups in total. The first-order valence-corrected chi connectivity index (χ1v) is 7.78. The highest BCUT2D eigenvalue weighted by Gasteiger charge is 2.15. The zero-order chi connectivity index (χ0) is 14.7. The summed E-state index contributed by atoms with van der Waals surface area (Å²) < 4.78 is 0. The van der Waals surface area contributed by atoms with Crippen molar-refractivity contribution in [2.45, 2.75) is 66.2 Å². The van der Waals surface area contributed by atoms with E-state index in [9.17, 15) is 0 Å². The molecule has 0 heteroatoms. The van der Waals surface area contributed by atoms with Gasteiger partial charge in [-0.15, -0.1) is 0 Å². The smallest absolute Gasteiger partial charge is 0.00293 e. The van der Waals surface area contributed by atoms with Crippen molar-refractivity contribution in [2.75, 3.05) is 0 Å². The van der Waals surface area contributed by atoms with E-state index in [1.54, 1.807) is 0 Å². The molecule has 1 aliphatic rings. The fraction of sp³-hybridized carbons (Fsp3) is 0.579. The summed E-state index contributed by atoms with van der Waals surface area (Å²) in [6, 6.07) is 0. The van der Waals surface area contributed by atoms with Crippen molar-refractivity contribution in [3.8, 4) is 0 Å². The van der Waals surface area contributed by atoms with E-state index in [1.165, 1.54) is 36.0 Å². The first-order chi connectivity index (χ1) is 9.09. The largest absolute Gasteiger partial charge is 0.0995 e. The highest BCUT2D eigenvalue weighted by molar-refractivity contribution is 5.48. The molecule has 0 spiro atoms. The van der Waals surface area contributed by atoms with Gasteiger partial charge in [0.15, 0.2) is 0 Å². The van der Waals surface area contributed by atoms with Gasteiger partial charge >= 0.3 is 0 Å². The molecule has 0 aromatic heterocycles. The molecule has 0 aromatic carbocycles. The fourth-order valence-electron chi connectivity index (χ4n) is 1.82. The minimum absolute atomic E-state index is 0.816. The van der Waals surface area contributed by atoms with Crippen LogP contribution >= 0.6 is 0 Å². The highest BCUT2D eigenvalue weighted by Crippen LogP contribution is 2.34. The average Bonchev–Trinajstić information content (AvgIpc) is 3.07. The standard InChI is InChI=1S/C17H26.C2H6/c1-14(2)9-8-11-15(3)10-6-5-7-12-17-13-16(17)4;1-2/h5-6,12,14H,3-4,7-11,13H2,1-2H3;1-2H3/b6-5+,17-12-;. The molecular weight excluding hydrogens is 228 g/mol. The lowest BCUT2D eigenvalue weighted by Gasteiger charge is -2.05. The lowest BCUT2D eigenvalue weighted by atomic mass is 10.0. The normalized spacial score (nSPS) is 15.8. The van der Waals surface area contributed by atoms with Crippen LogP contribution in [0.2, 0.25) is 0 Å². The Hall–Kier alpha value is -1.04. The van der Waals surface area contributed by atoms with Crippen LogP contribution in [0.25, 0.3) is 0 Å². The summed E-state index contributed by atoms with van der Waals surface area (Å²) in [6.45, 7) is 16.6. The summed E-state index contributed by atoms with van der Waals surface area (Å²) in [5, 5.41) is 0. The minimum Gasteiger partial charge on any atom is -0.0995 e. The zero-order valence-corrected chi connectivity index (χ0v) is 13.5. The van der Waals surface area contributed by atoms with Crippen LogP contribution in [0.1, 0.15) is 66.2 Å².